The summed E-state index contributed by atoms with van der Waals surface area (Å²) in [5.74, 6) is -0.112. The van der Waals surface area contributed by atoms with Crippen LogP contribution in [0.2, 0.25) is 0 Å². The number of nitrogens with zero attached hydrogens (tertiary/aromatic N) is 1. The summed E-state index contributed by atoms with van der Waals surface area (Å²) in [6, 6.07) is 40.1. The van der Waals surface area contributed by atoms with Crippen molar-refractivity contribution in [1.29, 1.82) is 0 Å². The van der Waals surface area contributed by atoms with E-state index in [4.69, 9.17) is 5.73 Å². The summed E-state index contributed by atoms with van der Waals surface area (Å²) in [7, 11) is 0. The maximum Gasteiger partial charge on any atom is 0.232 e. The van der Waals surface area contributed by atoms with Gasteiger partial charge in [0.1, 0.15) is 5.41 Å². The fourth-order valence-corrected chi connectivity index (χ4v) is 6.53. The summed E-state index contributed by atoms with van der Waals surface area (Å²) in [6.07, 6.45) is 5.25. The van der Waals surface area contributed by atoms with Crippen LogP contribution in [0.5, 0.6) is 0 Å². The second-order valence-corrected chi connectivity index (χ2v) is 11.3. The van der Waals surface area contributed by atoms with E-state index in [0.717, 1.165) is 76.0 Å². The molecule has 1 atom stereocenters. The zero-order valence-electron chi connectivity index (χ0n) is 24.1. The van der Waals surface area contributed by atoms with Gasteiger partial charge in [-0.2, -0.15) is 0 Å². The molecular formula is C37H43N3O. The molecule has 1 heterocycles. The number of amides is 1. The van der Waals surface area contributed by atoms with Crippen molar-refractivity contribution >= 4 is 5.91 Å². The third-order valence-electron chi connectivity index (χ3n) is 8.72. The lowest BCUT2D eigenvalue weighted by Crippen LogP contribution is -2.49. The minimum atomic E-state index is -0.816. The van der Waals surface area contributed by atoms with Crippen LogP contribution in [-0.4, -0.2) is 43.5 Å². The molecule has 4 aromatic carbocycles. The molecule has 1 fully saturated rings. The lowest BCUT2D eigenvalue weighted by atomic mass is 9.64. The Morgan fingerprint density at radius 3 is 1.73 bits per heavy atom. The molecule has 5 rings (SSSR count). The Balaban J connectivity index is 1.11. The molecule has 0 aromatic heterocycles. The maximum atomic E-state index is 13.3. The summed E-state index contributed by atoms with van der Waals surface area (Å²) < 4.78 is 0. The molecule has 1 aliphatic rings. The Morgan fingerprint density at radius 1 is 0.707 bits per heavy atom. The van der Waals surface area contributed by atoms with Crippen LogP contribution in [0.4, 0.5) is 0 Å². The van der Waals surface area contributed by atoms with Gasteiger partial charge in [-0.25, -0.2) is 0 Å². The molecule has 4 aromatic rings. The van der Waals surface area contributed by atoms with Crippen molar-refractivity contribution in [2.75, 3.05) is 32.7 Å². The molecule has 0 aliphatic carbocycles. The number of hydrogen-bond acceptors (Lipinski definition) is 3. The van der Waals surface area contributed by atoms with E-state index in [9.17, 15) is 4.79 Å². The molecule has 41 heavy (non-hydrogen) atoms. The van der Waals surface area contributed by atoms with Gasteiger partial charge >= 0.3 is 0 Å². The number of carbonyl (C=O) groups excluding carboxylic acids is 1. The first-order chi connectivity index (χ1) is 20.2. The highest BCUT2D eigenvalue weighted by atomic mass is 16.1. The third-order valence-corrected chi connectivity index (χ3v) is 8.72. The van der Waals surface area contributed by atoms with E-state index in [1.807, 2.05) is 36.4 Å². The van der Waals surface area contributed by atoms with Crippen LogP contribution in [-0.2, 0) is 29.5 Å². The van der Waals surface area contributed by atoms with Crippen molar-refractivity contribution in [3.8, 4) is 0 Å². The van der Waals surface area contributed by atoms with Gasteiger partial charge in [-0.15, -0.1) is 0 Å². The van der Waals surface area contributed by atoms with Gasteiger partial charge in [-0.1, -0.05) is 115 Å². The van der Waals surface area contributed by atoms with Gasteiger partial charge in [-0.05, 0) is 92.0 Å². The van der Waals surface area contributed by atoms with Crippen LogP contribution >= 0.6 is 0 Å². The van der Waals surface area contributed by atoms with E-state index in [1.165, 1.54) is 16.7 Å². The highest BCUT2D eigenvalue weighted by Crippen LogP contribution is 2.43. The minimum absolute atomic E-state index is 0.144. The normalized spacial score (nSPS) is 15.7. The number of hydrogen-bond donors (Lipinski definition) is 2. The van der Waals surface area contributed by atoms with Crippen molar-refractivity contribution in [3.63, 3.8) is 0 Å². The third kappa shape index (κ3) is 7.13. The fraction of sp³-hybridized carbons (Fsp3) is 0.324. The molecule has 0 unspecified atom stereocenters. The Labute approximate surface area is 245 Å². The average Bonchev–Trinajstić information content (AvgIpc) is 3.48. The van der Waals surface area contributed by atoms with Gasteiger partial charge in [0.15, 0.2) is 0 Å². The second-order valence-electron chi connectivity index (χ2n) is 11.3. The van der Waals surface area contributed by atoms with Crippen molar-refractivity contribution in [1.82, 2.24) is 10.2 Å². The van der Waals surface area contributed by atoms with Crippen LogP contribution in [0, 0.1) is 5.92 Å². The van der Waals surface area contributed by atoms with Crippen molar-refractivity contribution in [2.45, 2.75) is 37.5 Å². The first-order valence-corrected chi connectivity index (χ1v) is 15.1. The first kappa shape index (κ1) is 28.8. The molecule has 1 amide bonds. The molecule has 0 bridgehead atoms. The van der Waals surface area contributed by atoms with Crippen LogP contribution in [0.15, 0.2) is 115 Å². The van der Waals surface area contributed by atoms with Crippen molar-refractivity contribution in [2.24, 2.45) is 11.7 Å². The molecule has 0 spiro atoms. The van der Waals surface area contributed by atoms with Crippen LogP contribution in [0.3, 0.4) is 0 Å². The van der Waals surface area contributed by atoms with E-state index in [0.29, 0.717) is 0 Å². The number of primary amides is 1. The zero-order valence-corrected chi connectivity index (χ0v) is 24.1. The smallest absolute Gasteiger partial charge is 0.232 e. The average molecular weight is 546 g/mol. The summed E-state index contributed by atoms with van der Waals surface area (Å²) in [5.41, 5.74) is 11.6. The zero-order chi connectivity index (χ0) is 28.3. The Kier molecular flexibility index (Phi) is 10.0. The van der Waals surface area contributed by atoms with E-state index >= 15 is 0 Å². The number of likely N-dealkylation sites (tertiary alicyclic amines) is 1. The number of aryl methyl sites for hydroxylation is 1. The van der Waals surface area contributed by atoms with Crippen LogP contribution in [0.1, 0.15) is 40.7 Å². The summed E-state index contributed by atoms with van der Waals surface area (Å²) in [5, 5.41) is 3.57. The van der Waals surface area contributed by atoms with Crippen LogP contribution in [0.25, 0.3) is 0 Å². The lowest BCUT2D eigenvalue weighted by molar-refractivity contribution is -0.123. The molecule has 0 saturated carbocycles. The SMILES string of the molecule is NC(=O)C(c1ccccc1)(c1ccccc1)[C@@H]1CCN(CCCc2ccc(CCNCCc3ccccc3)cc2)C1. The van der Waals surface area contributed by atoms with Gasteiger partial charge in [-0.3, -0.25) is 4.79 Å². The fourth-order valence-electron chi connectivity index (χ4n) is 6.53. The number of carbonyl (C=O) groups is 1. The summed E-state index contributed by atoms with van der Waals surface area (Å²) >= 11 is 0. The molecule has 1 aliphatic heterocycles. The van der Waals surface area contributed by atoms with E-state index in [1.54, 1.807) is 0 Å². The lowest BCUT2D eigenvalue weighted by Gasteiger charge is -2.37. The molecule has 0 radical (unpaired) electrons. The Bertz CT molecular complexity index is 1300. The van der Waals surface area contributed by atoms with Gasteiger partial charge in [0, 0.05) is 6.54 Å². The van der Waals surface area contributed by atoms with Crippen molar-refractivity contribution in [3.05, 3.63) is 143 Å². The predicted octanol–water partition coefficient (Wildman–Crippen LogP) is 5.79. The largest absolute Gasteiger partial charge is 0.369 e. The van der Waals surface area contributed by atoms with E-state index < -0.39 is 5.41 Å². The quantitative estimate of drug-likeness (QED) is 0.197. The molecule has 4 nitrogen and oxygen atoms in total. The van der Waals surface area contributed by atoms with E-state index in [2.05, 4.69) is 89.1 Å². The van der Waals surface area contributed by atoms with Gasteiger partial charge in [0.2, 0.25) is 5.91 Å². The van der Waals surface area contributed by atoms with Gasteiger partial charge < -0.3 is 16.0 Å². The highest BCUT2D eigenvalue weighted by molar-refractivity contribution is 5.91. The monoisotopic (exact) mass is 545 g/mol. The number of nitrogens with two attached hydrogens (primary N) is 1. The predicted molar refractivity (Wildman–Crippen MR) is 169 cm³/mol. The molecule has 1 saturated heterocycles. The molecule has 3 N–H and O–H groups in total. The number of benzene rings is 4. The minimum Gasteiger partial charge on any atom is -0.369 e. The van der Waals surface area contributed by atoms with Gasteiger partial charge in [0.25, 0.3) is 0 Å². The highest BCUT2D eigenvalue weighted by Gasteiger charge is 2.49. The molecule has 4 heteroatoms. The number of rotatable bonds is 14. The Morgan fingerprint density at radius 2 is 1.20 bits per heavy atom. The number of nitrogens with one attached hydrogen (secondary N) is 1. The standard InChI is InChI=1S/C37H43N3O/c38-36(41)37(33-14-6-2-7-15-33,34-16-8-3-9-17-34)35-24-28-40(29-35)27-10-13-31-18-20-32(21-19-31)23-26-39-25-22-30-11-4-1-5-12-30/h1-9,11-12,14-21,35,39H,10,13,22-29H2,(H2,38,41)/t35-/m1/s1. The first-order valence-electron chi connectivity index (χ1n) is 15.1. The van der Waals surface area contributed by atoms with Gasteiger partial charge in [0.05, 0.1) is 0 Å². The van der Waals surface area contributed by atoms with Crippen molar-refractivity contribution < 1.29 is 4.79 Å². The maximum absolute atomic E-state index is 13.3. The molecule has 212 valence electrons. The second kappa shape index (κ2) is 14.2. The molecular weight excluding hydrogens is 502 g/mol. The van der Waals surface area contributed by atoms with E-state index in [-0.39, 0.29) is 11.8 Å². The van der Waals surface area contributed by atoms with Crippen LogP contribution < -0.4 is 11.1 Å². The summed E-state index contributed by atoms with van der Waals surface area (Å²) in [6.45, 7) is 4.91. The summed E-state index contributed by atoms with van der Waals surface area (Å²) in [4.78, 5) is 15.8. The Hall–Kier alpha value is -3.73. The topological polar surface area (TPSA) is 58.4 Å².